The first kappa shape index (κ1) is 23.6. The molecule has 1 amide bonds. The molecule has 0 saturated heterocycles. The molecule has 2 aromatic heterocycles. The van der Waals surface area contributed by atoms with E-state index in [2.05, 4.69) is 20.0 Å². The van der Waals surface area contributed by atoms with Gasteiger partial charge in [0.25, 0.3) is 5.91 Å². The lowest BCUT2D eigenvalue weighted by molar-refractivity contribution is -0.274. The number of para-hydroxylation sites is 1. The fraction of sp³-hybridized carbons (Fsp3) is 0.280. The number of nitrogen functional groups attached to an aromatic ring is 1. The highest BCUT2D eigenvalue weighted by atomic mass is 19.4. The van der Waals surface area contributed by atoms with Gasteiger partial charge < -0.3 is 15.8 Å². The Labute approximate surface area is 204 Å². The molecule has 3 N–H and O–H groups in total. The second-order valence-corrected chi connectivity index (χ2v) is 8.61. The van der Waals surface area contributed by atoms with Gasteiger partial charge in [0.05, 0.1) is 17.0 Å². The SMILES string of the molecule is Nc1ncnc2c1c(-c1ccc(CNC(=O)c3ccccc3OC(F)(F)F)cc1)nn2C1CCCC1. The second kappa shape index (κ2) is 9.48. The summed E-state index contributed by atoms with van der Waals surface area (Å²) in [5, 5.41) is 8.18. The van der Waals surface area contributed by atoms with Gasteiger partial charge in [-0.15, -0.1) is 13.2 Å². The number of benzene rings is 2. The molecule has 11 heteroatoms. The van der Waals surface area contributed by atoms with Crippen molar-refractivity contribution in [1.29, 1.82) is 0 Å². The number of ether oxygens (including phenoxy) is 1. The molecule has 4 aromatic rings. The van der Waals surface area contributed by atoms with E-state index in [1.165, 1.54) is 24.5 Å². The molecule has 186 valence electrons. The van der Waals surface area contributed by atoms with Crippen LogP contribution in [-0.2, 0) is 6.54 Å². The van der Waals surface area contributed by atoms with Crippen LogP contribution in [0.2, 0.25) is 0 Å². The summed E-state index contributed by atoms with van der Waals surface area (Å²) in [7, 11) is 0. The first-order chi connectivity index (χ1) is 17.3. The van der Waals surface area contributed by atoms with Gasteiger partial charge in [-0.25, -0.2) is 14.6 Å². The first-order valence-corrected chi connectivity index (χ1v) is 11.5. The molecule has 5 rings (SSSR count). The van der Waals surface area contributed by atoms with Crippen molar-refractivity contribution in [2.45, 2.75) is 44.6 Å². The second-order valence-electron chi connectivity index (χ2n) is 8.61. The van der Waals surface area contributed by atoms with Gasteiger partial charge >= 0.3 is 6.36 Å². The average molecular weight is 496 g/mol. The zero-order valence-electron chi connectivity index (χ0n) is 19.1. The van der Waals surface area contributed by atoms with Crippen LogP contribution >= 0.6 is 0 Å². The van der Waals surface area contributed by atoms with Crippen LogP contribution in [0.25, 0.3) is 22.3 Å². The number of hydrogen-bond acceptors (Lipinski definition) is 6. The molecule has 0 atom stereocenters. The summed E-state index contributed by atoms with van der Waals surface area (Å²) in [6, 6.07) is 12.8. The van der Waals surface area contributed by atoms with Gasteiger partial charge in [0.1, 0.15) is 23.6 Å². The van der Waals surface area contributed by atoms with Gasteiger partial charge in [-0.2, -0.15) is 5.10 Å². The lowest BCUT2D eigenvalue weighted by atomic mass is 10.1. The summed E-state index contributed by atoms with van der Waals surface area (Å²) in [6.07, 6.45) is 0.921. The van der Waals surface area contributed by atoms with E-state index in [4.69, 9.17) is 10.8 Å². The molecular formula is C25H23F3N6O2. The van der Waals surface area contributed by atoms with Crippen molar-refractivity contribution in [1.82, 2.24) is 25.1 Å². The topological polar surface area (TPSA) is 108 Å². The number of halogens is 3. The number of nitrogens with zero attached hydrogens (tertiary/aromatic N) is 4. The number of nitrogens with two attached hydrogens (primary N) is 1. The maximum Gasteiger partial charge on any atom is 0.573 e. The fourth-order valence-electron chi connectivity index (χ4n) is 4.53. The number of aromatic nitrogens is 4. The number of amides is 1. The zero-order chi connectivity index (χ0) is 25.3. The lowest BCUT2D eigenvalue weighted by Crippen LogP contribution is -2.25. The molecule has 0 aliphatic heterocycles. The summed E-state index contributed by atoms with van der Waals surface area (Å²) in [5.41, 5.74) is 8.95. The Hall–Kier alpha value is -4.15. The van der Waals surface area contributed by atoms with Crippen molar-refractivity contribution in [3.63, 3.8) is 0 Å². The van der Waals surface area contributed by atoms with Crippen LogP contribution < -0.4 is 15.8 Å². The van der Waals surface area contributed by atoms with E-state index >= 15 is 0 Å². The van der Waals surface area contributed by atoms with E-state index in [1.54, 1.807) is 0 Å². The van der Waals surface area contributed by atoms with Crippen LogP contribution in [0.15, 0.2) is 54.9 Å². The smallest absolute Gasteiger partial charge is 0.405 e. The maximum atomic E-state index is 12.6. The minimum absolute atomic E-state index is 0.113. The van der Waals surface area contributed by atoms with E-state index < -0.39 is 18.0 Å². The van der Waals surface area contributed by atoms with Gasteiger partial charge in [-0.1, -0.05) is 49.2 Å². The Morgan fingerprint density at radius 3 is 2.53 bits per heavy atom. The van der Waals surface area contributed by atoms with E-state index in [0.29, 0.717) is 22.5 Å². The molecule has 0 bridgehead atoms. The van der Waals surface area contributed by atoms with Crippen LogP contribution in [0.3, 0.4) is 0 Å². The van der Waals surface area contributed by atoms with Crippen molar-refractivity contribution < 1.29 is 22.7 Å². The number of hydrogen-bond donors (Lipinski definition) is 2. The molecule has 1 saturated carbocycles. The summed E-state index contributed by atoms with van der Waals surface area (Å²) >= 11 is 0. The molecule has 0 radical (unpaired) electrons. The van der Waals surface area contributed by atoms with Crippen molar-refractivity contribution >= 4 is 22.8 Å². The third-order valence-electron chi connectivity index (χ3n) is 6.23. The third kappa shape index (κ3) is 4.81. The summed E-state index contributed by atoms with van der Waals surface area (Å²) in [5.74, 6) is -0.872. The normalized spacial score (nSPS) is 14.3. The Bertz CT molecular complexity index is 1400. The monoisotopic (exact) mass is 496 g/mol. The highest BCUT2D eigenvalue weighted by molar-refractivity contribution is 5.98. The largest absolute Gasteiger partial charge is 0.573 e. The maximum absolute atomic E-state index is 12.6. The fourth-order valence-corrected chi connectivity index (χ4v) is 4.53. The molecule has 1 fully saturated rings. The predicted molar refractivity (Wildman–Crippen MR) is 127 cm³/mol. The highest BCUT2D eigenvalue weighted by Crippen LogP contribution is 2.36. The molecular weight excluding hydrogens is 473 g/mol. The van der Waals surface area contributed by atoms with E-state index in [0.717, 1.165) is 42.9 Å². The number of anilines is 1. The predicted octanol–water partition coefficient (Wildman–Crippen LogP) is 5.02. The van der Waals surface area contributed by atoms with Crippen LogP contribution in [-0.4, -0.2) is 32.0 Å². The third-order valence-corrected chi connectivity index (χ3v) is 6.23. The van der Waals surface area contributed by atoms with E-state index in [9.17, 15) is 18.0 Å². The summed E-state index contributed by atoms with van der Waals surface area (Å²) < 4.78 is 43.9. The van der Waals surface area contributed by atoms with E-state index in [-0.39, 0.29) is 18.2 Å². The van der Waals surface area contributed by atoms with Crippen LogP contribution in [0.4, 0.5) is 19.0 Å². The van der Waals surface area contributed by atoms with Crippen molar-refractivity contribution in [2.75, 3.05) is 5.73 Å². The van der Waals surface area contributed by atoms with Gasteiger partial charge in [0.15, 0.2) is 5.65 Å². The average Bonchev–Trinajstić information content (AvgIpc) is 3.51. The van der Waals surface area contributed by atoms with Crippen molar-refractivity contribution in [3.8, 4) is 17.0 Å². The standard InChI is InChI=1S/C25H23F3N6O2/c26-25(27,28)36-19-8-4-3-7-18(19)24(35)30-13-15-9-11-16(12-10-15)21-20-22(29)31-14-32-23(20)34(33-21)17-5-1-2-6-17/h3-4,7-12,14,17H,1-2,5-6,13H2,(H,30,35)(H2,29,31,32). The Morgan fingerprint density at radius 2 is 1.81 bits per heavy atom. The summed E-state index contributed by atoms with van der Waals surface area (Å²) in [4.78, 5) is 21.1. The molecule has 0 unspecified atom stereocenters. The molecule has 0 spiro atoms. The summed E-state index contributed by atoms with van der Waals surface area (Å²) in [6.45, 7) is 0.113. The molecule has 36 heavy (non-hydrogen) atoms. The zero-order valence-corrected chi connectivity index (χ0v) is 19.1. The van der Waals surface area contributed by atoms with Crippen molar-refractivity contribution in [3.05, 3.63) is 66.0 Å². The van der Waals surface area contributed by atoms with Gasteiger partial charge in [-0.3, -0.25) is 4.79 Å². The number of fused-ring (bicyclic) bond motifs is 1. The molecule has 1 aliphatic carbocycles. The molecule has 8 nitrogen and oxygen atoms in total. The number of alkyl halides is 3. The molecule has 2 heterocycles. The lowest BCUT2D eigenvalue weighted by Gasteiger charge is -2.13. The minimum Gasteiger partial charge on any atom is -0.405 e. The quantitative estimate of drug-likeness (QED) is 0.388. The van der Waals surface area contributed by atoms with Crippen LogP contribution in [0.1, 0.15) is 47.6 Å². The van der Waals surface area contributed by atoms with Crippen LogP contribution in [0.5, 0.6) is 5.75 Å². The number of carbonyl (C=O) groups excluding carboxylic acids is 1. The minimum atomic E-state index is -4.89. The Balaban J connectivity index is 1.35. The van der Waals surface area contributed by atoms with E-state index in [1.807, 2.05) is 28.9 Å². The van der Waals surface area contributed by atoms with Gasteiger partial charge in [-0.05, 0) is 30.5 Å². The van der Waals surface area contributed by atoms with Crippen LogP contribution in [0, 0.1) is 0 Å². The Morgan fingerprint density at radius 1 is 1.08 bits per heavy atom. The van der Waals surface area contributed by atoms with Gasteiger partial charge in [0, 0.05) is 12.1 Å². The number of nitrogens with one attached hydrogen (secondary N) is 1. The number of carbonyl (C=O) groups is 1. The molecule has 2 aromatic carbocycles. The highest BCUT2D eigenvalue weighted by Gasteiger charge is 2.32. The molecule has 1 aliphatic rings. The first-order valence-electron chi connectivity index (χ1n) is 11.5. The van der Waals surface area contributed by atoms with Gasteiger partial charge in [0.2, 0.25) is 0 Å². The number of rotatable bonds is 6. The Kier molecular flexibility index (Phi) is 6.21. The van der Waals surface area contributed by atoms with Crippen molar-refractivity contribution in [2.24, 2.45) is 0 Å².